The molecule has 1 saturated heterocycles. The van der Waals surface area contributed by atoms with E-state index < -0.39 is 0 Å². The molecule has 2 aromatic rings. The molecule has 2 aromatic carbocycles. The average Bonchev–Trinajstić information content (AvgIpc) is 3.04. The van der Waals surface area contributed by atoms with Crippen LogP contribution < -0.4 is 14.8 Å². The highest BCUT2D eigenvalue weighted by Gasteiger charge is 2.20. The number of nitrogens with zero attached hydrogens (tertiary/aromatic N) is 2. The van der Waals surface area contributed by atoms with E-state index in [1.54, 1.807) is 26.4 Å². The third-order valence-corrected chi connectivity index (χ3v) is 5.84. The number of carbonyl (C=O) groups excluding carboxylic acids is 1. The first-order valence-electron chi connectivity index (χ1n) is 10.4. The van der Waals surface area contributed by atoms with Crippen LogP contribution in [0, 0.1) is 0 Å². The fourth-order valence-corrected chi connectivity index (χ4v) is 3.97. The van der Waals surface area contributed by atoms with Crippen LogP contribution in [0.3, 0.4) is 0 Å². The predicted octanol–water partition coefficient (Wildman–Crippen LogP) is 3.81. The molecule has 1 fully saturated rings. The SMILES string of the molecule is COc1cc(NC(=S)N2CCCN(CC(=O)OCc3ccccc3)CC2)c(OC)cc1Cl. The Morgan fingerprint density at radius 1 is 1.06 bits per heavy atom. The first-order chi connectivity index (χ1) is 15.5. The molecule has 0 spiro atoms. The van der Waals surface area contributed by atoms with Crippen molar-refractivity contribution in [3.05, 3.63) is 53.1 Å². The third-order valence-electron chi connectivity index (χ3n) is 5.19. The smallest absolute Gasteiger partial charge is 0.320 e. The molecule has 1 heterocycles. The highest BCUT2D eigenvalue weighted by Crippen LogP contribution is 2.36. The van der Waals surface area contributed by atoms with Gasteiger partial charge in [-0.3, -0.25) is 9.69 Å². The number of hydrogen-bond acceptors (Lipinski definition) is 6. The maximum absolute atomic E-state index is 12.3. The molecule has 0 aliphatic carbocycles. The Balaban J connectivity index is 1.51. The lowest BCUT2D eigenvalue weighted by Crippen LogP contribution is -2.39. The molecule has 1 aliphatic heterocycles. The van der Waals surface area contributed by atoms with Gasteiger partial charge in [0.15, 0.2) is 5.11 Å². The van der Waals surface area contributed by atoms with Gasteiger partial charge < -0.3 is 24.4 Å². The van der Waals surface area contributed by atoms with Gasteiger partial charge in [-0.25, -0.2) is 0 Å². The highest BCUT2D eigenvalue weighted by molar-refractivity contribution is 7.80. The lowest BCUT2D eigenvalue weighted by atomic mass is 10.2. The minimum absolute atomic E-state index is 0.221. The minimum Gasteiger partial charge on any atom is -0.495 e. The van der Waals surface area contributed by atoms with Crippen LogP contribution in [0.5, 0.6) is 11.5 Å². The van der Waals surface area contributed by atoms with Gasteiger partial charge in [0.25, 0.3) is 0 Å². The van der Waals surface area contributed by atoms with Gasteiger partial charge in [0.2, 0.25) is 0 Å². The van der Waals surface area contributed by atoms with E-state index in [2.05, 4.69) is 15.1 Å². The maximum Gasteiger partial charge on any atom is 0.320 e. The first kappa shape index (κ1) is 24.1. The Hall–Kier alpha value is -2.55. The molecule has 1 N–H and O–H groups in total. The second-order valence-corrected chi connectivity index (χ2v) is 8.17. The van der Waals surface area contributed by atoms with Crippen LogP contribution in [-0.2, 0) is 16.1 Å². The molecule has 0 unspecified atom stereocenters. The third kappa shape index (κ3) is 6.72. The molecule has 7 nitrogen and oxygen atoms in total. The van der Waals surface area contributed by atoms with Crippen molar-refractivity contribution in [1.29, 1.82) is 0 Å². The lowest BCUT2D eigenvalue weighted by Gasteiger charge is -2.25. The number of carbonyl (C=O) groups is 1. The number of hydrogen-bond donors (Lipinski definition) is 1. The van der Waals surface area contributed by atoms with E-state index >= 15 is 0 Å². The van der Waals surface area contributed by atoms with E-state index in [1.807, 2.05) is 30.3 Å². The zero-order valence-electron chi connectivity index (χ0n) is 18.3. The fraction of sp³-hybridized carbons (Fsp3) is 0.391. The summed E-state index contributed by atoms with van der Waals surface area (Å²) in [5, 5.41) is 4.29. The number of anilines is 1. The van der Waals surface area contributed by atoms with Gasteiger partial charge in [0.05, 0.1) is 31.5 Å². The Bertz CT molecular complexity index is 929. The summed E-state index contributed by atoms with van der Waals surface area (Å²) in [6.07, 6.45) is 0.884. The second kappa shape index (κ2) is 11.9. The van der Waals surface area contributed by atoms with E-state index in [4.69, 9.17) is 38.0 Å². The highest BCUT2D eigenvalue weighted by atomic mass is 35.5. The Labute approximate surface area is 199 Å². The van der Waals surface area contributed by atoms with Crippen LogP contribution in [0.2, 0.25) is 5.02 Å². The van der Waals surface area contributed by atoms with Crippen molar-refractivity contribution in [2.24, 2.45) is 0 Å². The summed E-state index contributed by atoms with van der Waals surface area (Å²) in [6.45, 7) is 3.56. The average molecular weight is 478 g/mol. The molecule has 0 atom stereocenters. The Morgan fingerprint density at radius 2 is 1.81 bits per heavy atom. The number of halogens is 1. The van der Waals surface area contributed by atoms with Gasteiger partial charge in [-0.2, -0.15) is 0 Å². The van der Waals surface area contributed by atoms with Crippen molar-refractivity contribution in [3.8, 4) is 11.5 Å². The molecule has 0 amide bonds. The minimum atomic E-state index is -0.221. The zero-order chi connectivity index (χ0) is 22.9. The monoisotopic (exact) mass is 477 g/mol. The standard InChI is InChI=1S/C23H28ClN3O4S/c1-29-20-14-19(21(30-2)13-18(20)24)25-23(32)27-10-6-9-26(11-12-27)15-22(28)31-16-17-7-4-3-5-8-17/h3-5,7-8,13-14H,6,9-12,15-16H2,1-2H3,(H,25,32). The number of esters is 1. The second-order valence-electron chi connectivity index (χ2n) is 7.38. The van der Waals surface area contributed by atoms with Crippen molar-refractivity contribution in [3.63, 3.8) is 0 Å². The van der Waals surface area contributed by atoms with Crippen molar-refractivity contribution < 1.29 is 19.0 Å². The molecule has 0 aromatic heterocycles. The van der Waals surface area contributed by atoms with Gasteiger partial charge in [0.1, 0.15) is 18.1 Å². The summed E-state index contributed by atoms with van der Waals surface area (Å²) in [7, 11) is 3.14. The summed E-state index contributed by atoms with van der Waals surface area (Å²) in [6, 6.07) is 13.1. The van der Waals surface area contributed by atoms with Crippen molar-refractivity contribution >= 4 is 40.6 Å². The van der Waals surface area contributed by atoms with Crippen molar-refractivity contribution in [1.82, 2.24) is 9.80 Å². The summed E-state index contributed by atoms with van der Waals surface area (Å²) >= 11 is 11.8. The molecule has 32 heavy (non-hydrogen) atoms. The number of thiocarbonyl (C=S) groups is 1. The molecule has 0 radical (unpaired) electrons. The molecular weight excluding hydrogens is 450 g/mol. The van der Waals surface area contributed by atoms with E-state index in [-0.39, 0.29) is 12.5 Å². The topological polar surface area (TPSA) is 63.3 Å². The van der Waals surface area contributed by atoms with Gasteiger partial charge in [-0.05, 0) is 24.2 Å². The van der Waals surface area contributed by atoms with E-state index in [9.17, 15) is 4.79 Å². The Morgan fingerprint density at radius 3 is 2.53 bits per heavy atom. The largest absolute Gasteiger partial charge is 0.495 e. The van der Waals surface area contributed by atoms with Crippen LogP contribution in [0.1, 0.15) is 12.0 Å². The lowest BCUT2D eigenvalue weighted by molar-refractivity contribution is -0.146. The number of nitrogens with one attached hydrogen (secondary N) is 1. The molecule has 9 heteroatoms. The summed E-state index contributed by atoms with van der Waals surface area (Å²) in [4.78, 5) is 16.4. The summed E-state index contributed by atoms with van der Waals surface area (Å²) in [5.41, 5.74) is 1.66. The molecule has 3 rings (SSSR count). The predicted molar refractivity (Wildman–Crippen MR) is 130 cm³/mol. The van der Waals surface area contributed by atoms with Crippen molar-refractivity contribution in [2.45, 2.75) is 13.0 Å². The number of ether oxygens (including phenoxy) is 3. The fourth-order valence-electron chi connectivity index (χ4n) is 3.45. The Kier molecular flexibility index (Phi) is 8.96. The van der Waals surface area contributed by atoms with E-state index in [0.29, 0.717) is 47.0 Å². The van der Waals surface area contributed by atoms with Crippen LogP contribution in [0.4, 0.5) is 5.69 Å². The molecule has 1 aliphatic rings. The van der Waals surface area contributed by atoms with Crippen LogP contribution in [-0.4, -0.2) is 67.8 Å². The first-order valence-corrected chi connectivity index (χ1v) is 11.2. The number of rotatable bonds is 7. The van der Waals surface area contributed by atoms with Gasteiger partial charge in [-0.1, -0.05) is 41.9 Å². The van der Waals surface area contributed by atoms with Crippen molar-refractivity contribution in [2.75, 3.05) is 52.3 Å². The van der Waals surface area contributed by atoms with Crippen LogP contribution >= 0.6 is 23.8 Å². The summed E-state index contributed by atoms with van der Waals surface area (Å²) < 4.78 is 16.1. The normalized spacial score (nSPS) is 14.4. The van der Waals surface area contributed by atoms with Crippen LogP contribution in [0.15, 0.2) is 42.5 Å². The quantitative estimate of drug-likeness (QED) is 0.477. The number of methoxy groups -OCH3 is 2. The van der Waals surface area contributed by atoms with Gasteiger partial charge >= 0.3 is 5.97 Å². The van der Waals surface area contributed by atoms with E-state index in [1.165, 1.54) is 0 Å². The molecule has 0 saturated carbocycles. The molecular formula is C23H28ClN3O4S. The summed E-state index contributed by atoms with van der Waals surface area (Å²) in [5.74, 6) is 0.894. The van der Waals surface area contributed by atoms with Crippen LogP contribution in [0.25, 0.3) is 0 Å². The van der Waals surface area contributed by atoms with E-state index in [0.717, 1.165) is 25.1 Å². The zero-order valence-corrected chi connectivity index (χ0v) is 19.9. The molecule has 172 valence electrons. The number of benzene rings is 2. The maximum atomic E-state index is 12.3. The van der Waals surface area contributed by atoms with Gasteiger partial charge in [0, 0.05) is 38.3 Å². The van der Waals surface area contributed by atoms with Gasteiger partial charge in [-0.15, -0.1) is 0 Å². The molecule has 0 bridgehead atoms.